The van der Waals surface area contributed by atoms with Gasteiger partial charge in [-0.05, 0) is 52.9 Å². The molecule has 51 heavy (non-hydrogen) atoms. The molecule has 6 rings (SSSR count). The molecule has 0 aromatic heterocycles. The number of ether oxygens (including phenoxy) is 3. The molecule has 1 N–H and O–H groups in total. The molecule has 1 saturated heterocycles. The first-order chi connectivity index (χ1) is 24.9. The summed E-state index contributed by atoms with van der Waals surface area (Å²) >= 11 is 0. The van der Waals surface area contributed by atoms with Gasteiger partial charge in [0.1, 0.15) is 30.1 Å². The molecular formula is C42H42F2N2O5. The fourth-order valence-corrected chi connectivity index (χ4v) is 6.63. The van der Waals surface area contributed by atoms with Gasteiger partial charge in [0.2, 0.25) is 0 Å². The zero-order valence-electron chi connectivity index (χ0n) is 28.3. The van der Waals surface area contributed by atoms with Gasteiger partial charge in [0.25, 0.3) is 0 Å². The summed E-state index contributed by atoms with van der Waals surface area (Å²) in [5, 5.41) is 10.7. The molecule has 264 valence electrons. The van der Waals surface area contributed by atoms with Gasteiger partial charge in [0, 0.05) is 25.2 Å². The standard InChI is InChI=1S/C42H42F2N2O5/c43-35-21-34(22-36(44)24-35)23-39(45(25-31-13-5-1-6-14-31)26-32-15-7-2-8-16-32)41(51-28-33-17-9-3-10-18-33)40-30-50-38(27-46(40)42(47)48)29-49-37-19-11-4-12-20-37/h1-22,24,38-41H,23,25-30H2,(H,47,48)/t38-,39-,40-,41-/m1/s1. The van der Waals surface area contributed by atoms with Crippen molar-refractivity contribution in [2.24, 2.45) is 0 Å². The third-order valence-electron chi connectivity index (χ3n) is 9.07. The first-order valence-corrected chi connectivity index (χ1v) is 17.1. The number of benzene rings is 5. The number of nitrogens with zero attached hydrogens (tertiary/aromatic N) is 2. The highest BCUT2D eigenvalue weighted by Gasteiger charge is 2.43. The second-order valence-corrected chi connectivity index (χ2v) is 12.8. The van der Waals surface area contributed by atoms with E-state index in [0.29, 0.717) is 24.4 Å². The maximum Gasteiger partial charge on any atom is 0.407 e. The summed E-state index contributed by atoms with van der Waals surface area (Å²) < 4.78 is 48.5. The number of morpholine rings is 1. The largest absolute Gasteiger partial charge is 0.491 e. The van der Waals surface area contributed by atoms with E-state index in [1.165, 1.54) is 17.0 Å². The Morgan fingerprint density at radius 3 is 1.84 bits per heavy atom. The van der Waals surface area contributed by atoms with Crippen LogP contribution in [0.3, 0.4) is 0 Å². The Kier molecular flexibility index (Phi) is 12.4. The van der Waals surface area contributed by atoms with Crippen LogP contribution in [-0.4, -0.2) is 65.0 Å². The minimum atomic E-state index is -1.12. The van der Waals surface area contributed by atoms with Crippen molar-refractivity contribution in [3.63, 3.8) is 0 Å². The topological polar surface area (TPSA) is 71.5 Å². The Hall–Kier alpha value is -5.09. The molecule has 0 aliphatic carbocycles. The lowest BCUT2D eigenvalue weighted by Gasteiger charge is -2.46. The Morgan fingerprint density at radius 2 is 1.29 bits per heavy atom. The predicted octanol–water partition coefficient (Wildman–Crippen LogP) is 7.99. The normalized spacial score (nSPS) is 17.2. The zero-order chi connectivity index (χ0) is 35.4. The molecule has 1 amide bonds. The number of para-hydroxylation sites is 1. The monoisotopic (exact) mass is 692 g/mol. The van der Waals surface area contributed by atoms with Gasteiger partial charge in [0.15, 0.2) is 0 Å². The second-order valence-electron chi connectivity index (χ2n) is 12.8. The summed E-state index contributed by atoms with van der Waals surface area (Å²) in [5.41, 5.74) is 3.39. The van der Waals surface area contributed by atoms with E-state index in [1.807, 2.05) is 121 Å². The molecule has 7 nitrogen and oxygen atoms in total. The quantitative estimate of drug-likeness (QED) is 0.120. The van der Waals surface area contributed by atoms with Crippen molar-refractivity contribution in [3.05, 3.63) is 173 Å². The molecule has 0 radical (unpaired) electrons. The van der Waals surface area contributed by atoms with Gasteiger partial charge in [0.05, 0.1) is 31.9 Å². The van der Waals surface area contributed by atoms with Crippen LogP contribution in [0.1, 0.15) is 22.3 Å². The van der Waals surface area contributed by atoms with Crippen LogP contribution in [0, 0.1) is 11.6 Å². The lowest BCUT2D eigenvalue weighted by Crippen LogP contribution is -2.63. The highest BCUT2D eigenvalue weighted by molar-refractivity contribution is 5.65. The number of carboxylic acid groups (broad SMARTS) is 1. The van der Waals surface area contributed by atoms with Crippen LogP contribution >= 0.6 is 0 Å². The molecule has 5 aromatic carbocycles. The van der Waals surface area contributed by atoms with Crippen molar-refractivity contribution in [2.75, 3.05) is 19.8 Å². The van der Waals surface area contributed by atoms with E-state index < -0.39 is 42.0 Å². The number of hydrogen-bond donors (Lipinski definition) is 1. The average Bonchev–Trinajstić information content (AvgIpc) is 3.15. The second kappa shape index (κ2) is 17.7. The minimum Gasteiger partial charge on any atom is -0.491 e. The summed E-state index contributed by atoms with van der Waals surface area (Å²) in [7, 11) is 0. The number of rotatable bonds is 15. The Balaban J connectivity index is 1.39. The lowest BCUT2D eigenvalue weighted by atomic mass is 9.92. The molecule has 9 heteroatoms. The Morgan fingerprint density at radius 1 is 0.765 bits per heavy atom. The third kappa shape index (κ3) is 10.2. The number of carbonyl (C=O) groups is 1. The van der Waals surface area contributed by atoms with E-state index in [0.717, 1.165) is 22.8 Å². The fourth-order valence-electron chi connectivity index (χ4n) is 6.63. The molecule has 5 aromatic rings. The van der Waals surface area contributed by atoms with Crippen LogP contribution in [0.2, 0.25) is 0 Å². The van der Waals surface area contributed by atoms with Gasteiger partial charge in [-0.15, -0.1) is 0 Å². The molecule has 0 saturated carbocycles. The van der Waals surface area contributed by atoms with Crippen molar-refractivity contribution < 1.29 is 32.9 Å². The highest BCUT2D eigenvalue weighted by atomic mass is 19.1. The van der Waals surface area contributed by atoms with Crippen molar-refractivity contribution in [3.8, 4) is 5.75 Å². The third-order valence-corrected chi connectivity index (χ3v) is 9.07. The van der Waals surface area contributed by atoms with Crippen LogP contribution in [0.4, 0.5) is 13.6 Å². The van der Waals surface area contributed by atoms with Crippen LogP contribution in [0.15, 0.2) is 140 Å². The maximum atomic E-state index is 14.7. The van der Waals surface area contributed by atoms with Gasteiger partial charge in [-0.2, -0.15) is 0 Å². The fraction of sp³-hybridized carbons (Fsp3) is 0.262. The summed E-state index contributed by atoms with van der Waals surface area (Å²) in [5.74, 6) is -0.704. The molecule has 0 bridgehead atoms. The summed E-state index contributed by atoms with van der Waals surface area (Å²) in [6.45, 7) is 1.38. The molecule has 0 spiro atoms. The van der Waals surface area contributed by atoms with Crippen molar-refractivity contribution in [1.82, 2.24) is 9.80 Å². The molecular weight excluding hydrogens is 650 g/mol. The number of amides is 1. The van der Waals surface area contributed by atoms with E-state index in [2.05, 4.69) is 4.90 Å². The number of halogens is 2. The first-order valence-electron chi connectivity index (χ1n) is 17.1. The molecule has 1 fully saturated rings. The zero-order valence-corrected chi connectivity index (χ0v) is 28.3. The van der Waals surface area contributed by atoms with E-state index in [1.54, 1.807) is 0 Å². The first kappa shape index (κ1) is 35.7. The smallest absolute Gasteiger partial charge is 0.407 e. The molecule has 1 aliphatic rings. The molecule has 0 unspecified atom stereocenters. The highest BCUT2D eigenvalue weighted by Crippen LogP contribution is 2.29. The van der Waals surface area contributed by atoms with Gasteiger partial charge in [-0.25, -0.2) is 13.6 Å². The van der Waals surface area contributed by atoms with Crippen molar-refractivity contribution in [2.45, 2.75) is 50.4 Å². The average molecular weight is 693 g/mol. The number of hydrogen-bond acceptors (Lipinski definition) is 5. The van der Waals surface area contributed by atoms with Gasteiger partial charge < -0.3 is 19.3 Å². The van der Waals surface area contributed by atoms with E-state index in [-0.39, 0.29) is 32.8 Å². The molecule has 4 atom stereocenters. The van der Waals surface area contributed by atoms with Crippen LogP contribution < -0.4 is 4.74 Å². The lowest BCUT2D eigenvalue weighted by molar-refractivity contribution is -0.135. The summed E-state index contributed by atoms with van der Waals surface area (Å²) in [6.07, 6.45) is -2.24. The summed E-state index contributed by atoms with van der Waals surface area (Å²) in [4.78, 5) is 16.6. The minimum absolute atomic E-state index is 0.0348. The Bertz CT molecular complexity index is 1740. The molecule has 1 heterocycles. The van der Waals surface area contributed by atoms with Gasteiger partial charge in [-0.1, -0.05) is 109 Å². The predicted molar refractivity (Wildman–Crippen MR) is 191 cm³/mol. The summed E-state index contributed by atoms with van der Waals surface area (Å²) in [6, 6.07) is 41.0. The van der Waals surface area contributed by atoms with Crippen LogP contribution in [0.25, 0.3) is 0 Å². The van der Waals surface area contributed by atoms with E-state index in [9.17, 15) is 18.7 Å². The van der Waals surface area contributed by atoms with E-state index in [4.69, 9.17) is 14.2 Å². The molecule has 1 aliphatic heterocycles. The Labute approximate surface area is 297 Å². The van der Waals surface area contributed by atoms with Crippen LogP contribution in [0.5, 0.6) is 5.75 Å². The van der Waals surface area contributed by atoms with Gasteiger partial charge >= 0.3 is 6.09 Å². The van der Waals surface area contributed by atoms with E-state index >= 15 is 0 Å². The maximum absolute atomic E-state index is 14.7. The van der Waals surface area contributed by atoms with Gasteiger partial charge in [-0.3, -0.25) is 9.80 Å². The van der Waals surface area contributed by atoms with Crippen molar-refractivity contribution >= 4 is 6.09 Å². The SMILES string of the molecule is O=C(O)N1C[C@H](COc2ccccc2)OC[C@@H]1[C@H](OCc1ccccc1)[C@@H](Cc1cc(F)cc(F)c1)N(Cc1ccccc1)Cc1ccccc1. The van der Waals surface area contributed by atoms with Crippen molar-refractivity contribution in [1.29, 1.82) is 0 Å². The van der Waals surface area contributed by atoms with Crippen LogP contribution in [-0.2, 0) is 35.6 Å².